The molecule has 2 amide bonds. The van der Waals surface area contributed by atoms with E-state index < -0.39 is 11.6 Å². The van der Waals surface area contributed by atoms with Crippen molar-refractivity contribution in [2.45, 2.75) is 52.2 Å². The van der Waals surface area contributed by atoms with Crippen molar-refractivity contribution < 1.29 is 9.59 Å². The molecular weight excluding hydrogens is 395 g/mol. The predicted octanol–water partition coefficient (Wildman–Crippen LogP) is 4.87. The molecule has 0 heterocycles. The first kappa shape index (κ1) is 22.3. The second kappa shape index (κ2) is 9.44. The highest BCUT2D eigenvalue weighted by molar-refractivity contribution is 6.31. The lowest BCUT2D eigenvalue weighted by Crippen LogP contribution is -2.52. The van der Waals surface area contributed by atoms with Gasteiger partial charge in [0.25, 0.3) is 0 Å². The smallest absolute Gasteiger partial charge is 0.242 e. The molecule has 0 aromatic heterocycles. The van der Waals surface area contributed by atoms with Crippen LogP contribution in [-0.2, 0) is 22.6 Å². The van der Waals surface area contributed by atoms with Crippen molar-refractivity contribution in [3.8, 4) is 0 Å². The zero-order chi connectivity index (χ0) is 20.9. The van der Waals surface area contributed by atoms with Gasteiger partial charge in [-0.25, -0.2) is 0 Å². The van der Waals surface area contributed by atoms with Gasteiger partial charge in [-0.3, -0.25) is 9.59 Å². The Morgan fingerprint density at radius 3 is 1.96 bits per heavy atom. The summed E-state index contributed by atoms with van der Waals surface area (Å²) in [5, 5.41) is 4.02. The maximum Gasteiger partial charge on any atom is 0.242 e. The molecular formula is C22H26Cl2N2O2. The first-order chi connectivity index (χ1) is 13.1. The molecule has 2 aromatic rings. The number of carbonyl (C=O) groups is 2. The summed E-state index contributed by atoms with van der Waals surface area (Å²) in [5.74, 6) is -0.406. The molecule has 4 nitrogen and oxygen atoms in total. The van der Waals surface area contributed by atoms with E-state index in [0.717, 1.165) is 11.1 Å². The Kier molecular flexibility index (Phi) is 7.50. The molecule has 1 N–H and O–H groups in total. The van der Waals surface area contributed by atoms with Gasteiger partial charge < -0.3 is 10.2 Å². The molecule has 0 fully saturated rings. The fraction of sp³-hybridized carbons (Fsp3) is 0.364. The summed E-state index contributed by atoms with van der Waals surface area (Å²) in [5.41, 5.74) is 1.11. The third-order valence-electron chi connectivity index (χ3n) is 4.26. The summed E-state index contributed by atoms with van der Waals surface area (Å²) < 4.78 is 0. The van der Waals surface area contributed by atoms with Crippen LogP contribution in [0.2, 0.25) is 10.0 Å². The minimum absolute atomic E-state index is 0.108. The van der Waals surface area contributed by atoms with Gasteiger partial charge in [-0.05, 0) is 51.0 Å². The maximum absolute atomic E-state index is 13.1. The highest BCUT2D eigenvalue weighted by Crippen LogP contribution is 2.21. The molecule has 150 valence electrons. The second-order valence-corrected chi connectivity index (χ2v) is 8.61. The van der Waals surface area contributed by atoms with Crippen LogP contribution in [0.3, 0.4) is 0 Å². The Morgan fingerprint density at radius 1 is 0.964 bits per heavy atom. The Balaban J connectivity index is 2.29. The molecule has 0 aliphatic heterocycles. The molecule has 1 unspecified atom stereocenters. The fourth-order valence-corrected chi connectivity index (χ4v) is 3.17. The molecule has 0 bridgehead atoms. The van der Waals surface area contributed by atoms with E-state index in [1.807, 2.05) is 57.2 Å². The van der Waals surface area contributed by atoms with E-state index in [0.29, 0.717) is 10.0 Å². The van der Waals surface area contributed by atoms with Gasteiger partial charge in [-0.15, -0.1) is 0 Å². The van der Waals surface area contributed by atoms with Gasteiger partial charge in [-0.2, -0.15) is 0 Å². The van der Waals surface area contributed by atoms with Crippen LogP contribution in [0.25, 0.3) is 0 Å². The number of benzene rings is 2. The summed E-state index contributed by atoms with van der Waals surface area (Å²) >= 11 is 12.5. The van der Waals surface area contributed by atoms with Crippen molar-refractivity contribution >= 4 is 35.0 Å². The molecule has 2 aromatic carbocycles. The Bertz CT molecular complexity index is 846. The number of nitrogens with one attached hydrogen (secondary N) is 1. The third-order valence-corrected chi connectivity index (χ3v) is 5.00. The lowest BCUT2D eigenvalue weighted by Gasteiger charge is -2.32. The molecule has 1 atom stereocenters. The summed E-state index contributed by atoms with van der Waals surface area (Å²) in [6, 6.07) is 13.9. The number of hydrogen-bond acceptors (Lipinski definition) is 2. The monoisotopic (exact) mass is 420 g/mol. The van der Waals surface area contributed by atoms with Crippen molar-refractivity contribution in [1.82, 2.24) is 10.2 Å². The van der Waals surface area contributed by atoms with Crippen molar-refractivity contribution in [2.75, 3.05) is 0 Å². The number of carbonyl (C=O) groups excluding carboxylic acids is 2. The van der Waals surface area contributed by atoms with Crippen LogP contribution in [-0.4, -0.2) is 28.3 Å². The zero-order valence-corrected chi connectivity index (χ0v) is 18.1. The highest BCUT2D eigenvalue weighted by Gasteiger charge is 2.29. The molecule has 0 aliphatic carbocycles. The quantitative estimate of drug-likeness (QED) is 0.724. The van der Waals surface area contributed by atoms with Gasteiger partial charge in [0.1, 0.15) is 6.04 Å². The third kappa shape index (κ3) is 6.25. The molecule has 6 heteroatoms. The van der Waals surface area contributed by atoms with Crippen LogP contribution < -0.4 is 5.32 Å². The lowest BCUT2D eigenvalue weighted by molar-refractivity contribution is -0.140. The normalized spacial score (nSPS) is 12.4. The van der Waals surface area contributed by atoms with E-state index in [-0.39, 0.29) is 24.8 Å². The van der Waals surface area contributed by atoms with Gasteiger partial charge >= 0.3 is 0 Å². The number of halogens is 2. The van der Waals surface area contributed by atoms with Gasteiger partial charge in [0, 0.05) is 22.1 Å². The van der Waals surface area contributed by atoms with Gasteiger partial charge in [0.2, 0.25) is 11.8 Å². The lowest BCUT2D eigenvalue weighted by atomic mass is 10.1. The van der Waals surface area contributed by atoms with E-state index >= 15 is 0 Å². The van der Waals surface area contributed by atoms with Gasteiger partial charge in [0.15, 0.2) is 0 Å². The van der Waals surface area contributed by atoms with Gasteiger partial charge in [-0.1, -0.05) is 59.6 Å². The van der Waals surface area contributed by atoms with Crippen molar-refractivity contribution in [2.24, 2.45) is 0 Å². The second-order valence-electron chi connectivity index (χ2n) is 7.80. The SMILES string of the molecule is CC(C(=O)NC(C)(C)C)N(Cc1ccccc1Cl)C(=O)Cc1ccccc1Cl. The summed E-state index contributed by atoms with van der Waals surface area (Å²) in [6.45, 7) is 7.68. The molecule has 28 heavy (non-hydrogen) atoms. The Hall–Kier alpha value is -2.04. The average molecular weight is 421 g/mol. The molecule has 2 rings (SSSR count). The standard InChI is InChI=1S/C22H26Cl2N2O2/c1-15(21(28)25-22(2,3)4)26(14-17-10-6-8-12-19(17)24)20(27)13-16-9-5-7-11-18(16)23/h5-12,15H,13-14H2,1-4H3,(H,25,28). The molecule has 0 saturated heterocycles. The molecule has 0 spiro atoms. The first-order valence-corrected chi connectivity index (χ1v) is 9.92. The van der Waals surface area contributed by atoms with Crippen LogP contribution >= 0.6 is 23.2 Å². The van der Waals surface area contributed by atoms with E-state index in [1.54, 1.807) is 24.0 Å². The van der Waals surface area contributed by atoms with Crippen LogP contribution in [0.1, 0.15) is 38.8 Å². The minimum Gasteiger partial charge on any atom is -0.350 e. The molecule has 0 saturated carbocycles. The fourth-order valence-electron chi connectivity index (χ4n) is 2.77. The van der Waals surface area contributed by atoms with Crippen LogP contribution in [0.5, 0.6) is 0 Å². The van der Waals surface area contributed by atoms with E-state index in [2.05, 4.69) is 5.32 Å². The van der Waals surface area contributed by atoms with E-state index in [9.17, 15) is 9.59 Å². The van der Waals surface area contributed by atoms with Crippen molar-refractivity contribution in [1.29, 1.82) is 0 Å². The zero-order valence-electron chi connectivity index (χ0n) is 16.6. The Morgan fingerprint density at radius 2 is 1.46 bits per heavy atom. The van der Waals surface area contributed by atoms with Gasteiger partial charge in [0.05, 0.1) is 6.42 Å². The van der Waals surface area contributed by atoms with Crippen LogP contribution in [0.4, 0.5) is 0 Å². The Labute approximate surface area is 176 Å². The number of hydrogen-bond donors (Lipinski definition) is 1. The summed E-state index contributed by atoms with van der Waals surface area (Å²) in [7, 11) is 0. The van der Waals surface area contributed by atoms with Crippen LogP contribution in [0.15, 0.2) is 48.5 Å². The van der Waals surface area contributed by atoms with E-state index in [1.165, 1.54) is 0 Å². The van der Waals surface area contributed by atoms with Crippen molar-refractivity contribution in [3.05, 3.63) is 69.7 Å². The average Bonchev–Trinajstić information content (AvgIpc) is 2.61. The maximum atomic E-state index is 13.1. The molecule has 0 radical (unpaired) electrons. The predicted molar refractivity (Wildman–Crippen MR) is 115 cm³/mol. The van der Waals surface area contributed by atoms with E-state index in [4.69, 9.17) is 23.2 Å². The largest absolute Gasteiger partial charge is 0.350 e. The number of nitrogens with zero attached hydrogens (tertiary/aromatic N) is 1. The molecule has 0 aliphatic rings. The number of amides is 2. The minimum atomic E-state index is -0.662. The van der Waals surface area contributed by atoms with Crippen LogP contribution in [0, 0.1) is 0 Å². The summed E-state index contributed by atoms with van der Waals surface area (Å²) in [6.07, 6.45) is 0.108. The highest BCUT2D eigenvalue weighted by atomic mass is 35.5. The summed E-state index contributed by atoms with van der Waals surface area (Å²) in [4.78, 5) is 27.4. The van der Waals surface area contributed by atoms with Crippen molar-refractivity contribution in [3.63, 3.8) is 0 Å². The first-order valence-electron chi connectivity index (χ1n) is 9.17. The topological polar surface area (TPSA) is 49.4 Å². The number of rotatable bonds is 6.